The van der Waals surface area contributed by atoms with Gasteiger partial charge in [-0.25, -0.2) is 0 Å². The fourth-order valence-electron chi connectivity index (χ4n) is 1.91. The molecule has 3 heteroatoms. The number of aryl methyl sites for hydroxylation is 1. The Bertz CT molecular complexity index is 567. The minimum atomic E-state index is 0.544. The van der Waals surface area contributed by atoms with Crippen LogP contribution in [0.15, 0.2) is 42.5 Å². The van der Waals surface area contributed by atoms with Crippen molar-refractivity contribution >= 4 is 5.69 Å². The molecule has 3 nitrogen and oxygen atoms in total. The summed E-state index contributed by atoms with van der Waals surface area (Å²) in [7, 11) is 0. The molecular weight excluding hydrogens is 250 g/mol. The fourth-order valence-corrected chi connectivity index (χ4v) is 1.91. The molecule has 106 valence electrons. The summed E-state index contributed by atoms with van der Waals surface area (Å²) in [5.74, 6) is 2.10. The first-order valence-corrected chi connectivity index (χ1v) is 7.02. The lowest BCUT2D eigenvalue weighted by Gasteiger charge is -2.13. The van der Waals surface area contributed by atoms with Gasteiger partial charge >= 0.3 is 0 Å². The van der Waals surface area contributed by atoms with Crippen LogP contribution >= 0.6 is 0 Å². The molecule has 0 saturated carbocycles. The van der Waals surface area contributed by atoms with Crippen molar-refractivity contribution in [3.05, 3.63) is 48.0 Å². The minimum Gasteiger partial charge on any atom is -0.491 e. The Kier molecular flexibility index (Phi) is 4.88. The number of nitrogen functional groups attached to an aromatic ring is 1. The molecule has 0 amide bonds. The molecular formula is C17H21NO2. The highest BCUT2D eigenvalue weighted by Crippen LogP contribution is 2.34. The van der Waals surface area contributed by atoms with Crippen LogP contribution in [-0.2, 0) is 6.42 Å². The number of benzene rings is 2. The highest BCUT2D eigenvalue weighted by Gasteiger charge is 2.08. The molecule has 0 atom stereocenters. The second kappa shape index (κ2) is 6.85. The van der Waals surface area contributed by atoms with Crippen molar-refractivity contribution in [1.29, 1.82) is 0 Å². The van der Waals surface area contributed by atoms with Gasteiger partial charge in [0.05, 0.1) is 6.61 Å². The third-order valence-corrected chi connectivity index (χ3v) is 3.02. The van der Waals surface area contributed by atoms with E-state index in [-0.39, 0.29) is 0 Å². The standard InChI is InChI=1S/C17H21NO2/c1-3-11-19-15-9-6-10-16(17(15)18)20-14-8-5-7-13(4-2)12-14/h5-10,12H,3-4,11,18H2,1-2H3. The summed E-state index contributed by atoms with van der Waals surface area (Å²) in [6.45, 7) is 4.83. The molecule has 20 heavy (non-hydrogen) atoms. The second-order valence-electron chi connectivity index (χ2n) is 4.62. The van der Waals surface area contributed by atoms with Gasteiger partial charge in [-0.1, -0.05) is 32.0 Å². The van der Waals surface area contributed by atoms with E-state index >= 15 is 0 Å². The normalized spacial score (nSPS) is 10.3. The third-order valence-electron chi connectivity index (χ3n) is 3.02. The lowest BCUT2D eigenvalue weighted by molar-refractivity contribution is 0.318. The smallest absolute Gasteiger partial charge is 0.154 e. The first kappa shape index (κ1) is 14.3. The van der Waals surface area contributed by atoms with E-state index in [0.717, 1.165) is 18.6 Å². The van der Waals surface area contributed by atoms with E-state index < -0.39 is 0 Å². The predicted molar refractivity (Wildman–Crippen MR) is 82.5 cm³/mol. The van der Waals surface area contributed by atoms with E-state index in [4.69, 9.17) is 15.2 Å². The van der Waals surface area contributed by atoms with Crippen molar-refractivity contribution in [1.82, 2.24) is 0 Å². The van der Waals surface area contributed by atoms with Gasteiger partial charge in [0.25, 0.3) is 0 Å². The van der Waals surface area contributed by atoms with Crippen LogP contribution < -0.4 is 15.2 Å². The van der Waals surface area contributed by atoms with E-state index in [2.05, 4.69) is 19.9 Å². The lowest BCUT2D eigenvalue weighted by atomic mass is 10.2. The Labute approximate surface area is 120 Å². The van der Waals surface area contributed by atoms with Crippen LogP contribution in [0.4, 0.5) is 5.69 Å². The number of nitrogens with two attached hydrogens (primary N) is 1. The number of ether oxygens (including phenoxy) is 2. The Hall–Kier alpha value is -2.16. The first-order valence-electron chi connectivity index (χ1n) is 7.02. The Morgan fingerprint density at radius 1 is 1.00 bits per heavy atom. The summed E-state index contributed by atoms with van der Waals surface area (Å²) < 4.78 is 11.5. The molecule has 0 spiro atoms. The average Bonchev–Trinajstić information content (AvgIpc) is 2.48. The molecule has 0 radical (unpaired) electrons. The fraction of sp³-hybridized carbons (Fsp3) is 0.294. The summed E-state index contributed by atoms with van der Waals surface area (Å²) >= 11 is 0. The van der Waals surface area contributed by atoms with Crippen LogP contribution in [0.5, 0.6) is 17.2 Å². The first-order chi connectivity index (χ1) is 9.74. The van der Waals surface area contributed by atoms with Crippen molar-refractivity contribution < 1.29 is 9.47 Å². The van der Waals surface area contributed by atoms with Gasteiger partial charge in [-0.05, 0) is 42.7 Å². The Morgan fingerprint density at radius 2 is 1.75 bits per heavy atom. The van der Waals surface area contributed by atoms with Crippen LogP contribution in [-0.4, -0.2) is 6.61 Å². The highest BCUT2D eigenvalue weighted by atomic mass is 16.5. The van der Waals surface area contributed by atoms with Gasteiger partial charge in [0.2, 0.25) is 0 Å². The molecule has 2 aromatic rings. The molecule has 2 aromatic carbocycles. The topological polar surface area (TPSA) is 44.5 Å². The van der Waals surface area contributed by atoms with Crippen molar-refractivity contribution in [2.75, 3.05) is 12.3 Å². The maximum absolute atomic E-state index is 6.09. The monoisotopic (exact) mass is 271 g/mol. The van der Waals surface area contributed by atoms with Gasteiger partial charge in [-0.2, -0.15) is 0 Å². The van der Waals surface area contributed by atoms with Crippen LogP contribution in [0, 0.1) is 0 Å². The van der Waals surface area contributed by atoms with Gasteiger partial charge in [0, 0.05) is 0 Å². The number of anilines is 1. The largest absolute Gasteiger partial charge is 0.491 e. The number of hydrogen-bond acceptors (Lipinski definition) is 3. The summed E-state index contributed by atoms with van der Waals surface area (Å²) in [6.07, 6.45) is 1.93. The van der Waals surface area contributed by atoms with Crippen molar-refractivity contribution in [3.8, 4) is 17.2 Å². The van der Waals surface area contributed by atoms with Crippen LogP contribution in [0.25, 0.3) is 0 Å². The zero-order chi connectivity index (χ0) is 14.4. The zero-order valence-corrected chi connectivity index (χ0v) is 12.1. The zero-order valence-electron chi connectivity index (χ0n) is 12.1. The molecule has 2 rings (SSSR count). The second-order valence-corrected chi connectivity index (χ2v) is 4.62. The molecule has 0 unspecified atom stereocenters. The summed E-state index contributed by atoms with van der Waals surface area (Å²) in [4.78, 5) is 0. The molecule has 0 heterocycles. The number of hydrogen-bond donors (Lipinski definition) is 1. The maximum atomic E-state index is 6.09. The molecule has 2 N–H and O–H groups in total. The van der Waals surface area contributed by atoms with Crippen LogP contribution in [0.3, 0.4) is 0 Å². The maximum Gasteiger partial charge on any atom is 0.154 e. The van der Waals surface area contributed by atoms with Crippen molar-refractivity contribution in [3.63, 3.8) is 0 Å². The molecule has 0 saturated heterocycles. The predicted octanol–water partition coefficient (Wildman–Crippen LogP) is 4.41. The third kappa shape index (κ3) is 3.44. The molecule has 0 bridgehead atoms. The van der Waals surface area contributed by atoms with E-state index in [9.17, 15) is 0 Å². The molecule has 0 aliphatic rings. The lowest BCUT2D eigenvalue weighted by Crippen LogP contribution is -2.00. The summed E-state index contributed by atoms with van der Waals surface area (Å²) in [6, 6.07) is 13.6. The van der Waals surface area contributed by atoms with E-state index in [1.807, 2.05) is 36.4 Å². The summed E-state index contributed by atoms with van der Waals surface area (Å²) in [5, 5.41) is 0. The van der Waals surface area contributed by atoms with Gasteiger partial charge < -0.3 is 15.2 Å². The average molecular weight is 271 g/mol. The molecule has 0 aliphatic carbocycles. The molecule has 0 aliphatic heterocycles. The van der Waals surface area contributed by atoms with Crippen LogP contribution in [0.2, 0.25) is 0 Å². The highest BCUT2D eigenvalue weighted by molar-refractivity contribution is 5.63. The quantitative estimate of drug-likeness (QED) is 0.791. The van der Waals surface area contributed by atoms with E-state index in [1.165, 1.54) is 5.56 Å². The molecule has 0 aromatic heterocycles. The van der Waals surface area contributed by atoms with Gasteiger partial charge in [-0.3, -0.25) is 0 Å². The Morgan fingerprint density at radius 3 is 2.50 bits per heavy atom. The van der Waals surface area contributed by atoms with Crippen molar-refractivity contribution in [2.24, 2.45) is 0 Å². The van der Waals surface area contributed by atoms with Crippen LogP contribution in [0.1, 0.15) is 25.8 Å². The van der Waals surface area contributed by atoms with E-state index in [1.54, 1.807) is 0 Å². The van der Waals surface area contributed by atoms with Gasteiger partial charge in [0.15, 0.2) is 5.75 Å². The number of para-hydroxylation sites is 1. The number of rotatable bonds is 6. The van der Waals surface area contributed by atoms with E-state index in [0.29, 0.717) is 23.8 Å². The summed E-state index contributed by atoms with van der Waals surface area (Å²) in [5.41, 5.74) is 7.87. The SMILES string of the molecule is CCCOc1cccc(Oc2cccc(CC)c2)c1N. The Balaban J connectivity index is 2.20. The molecule has 0 fully saturated rings. The van der Waals surface area contributed by atoms with Gasteiger partial charge in [0.1, 0.15) is 17.2 Å². The van der Waals surface area contributed by atoms with Gasteiger partial charge in [-0.15, -0.1) is 0 Å². The van der Waals surface area contributed by atoms with Crippen molar-refractivity contribution in [2.45, 2.75) is 26.7 Å². The minimum absolute atomic E-state index is 0.544.